The van der Waals surface area contributed by atoms with Crippen molar-refractivity contribution >= 4 is 18.3 Å². The number of hydrogen-bond donors (Lipinski definition) is 2. The highest BCUT2D eigenvalue weighted by atomic mass is 16.4. The number of nitrogens with zero attached hydrogens (tertiary/aromatic N) is 2. The topological polar surface area (TPSA) is 82.0 Å². The maximum atomic E-state index is 11.0. The summed E-state index contributed by atoms with van der Waals surface area (Å²) in [5, 5.41) is 11.7. The number of carboxylic acid groups (broad SMARTS) is 1. The van der Waals surface area contributed by atoms with E-state index in [-0.39, 0.29) is 12.1 Å². The zero-order valence-electron chi connectivity index (χ0n) is 8.43. The van der Waals surface area contributed by atoms with Gasteiger partial charge in [0, 0.05) is 18.8 Å². The van der Waals surface area contributed by atoms with Gasteiger partial charge in [0.05, 0.1) is 5.54 Å². The number of hydrogen-bond acceptors (Lipinski definition) is 2. The SMILES string of the molecule is CC1CC2(C=NC(=O)N2)CCN1C(=O)O. The van der Waals surface area contributed by atoms with Gasteiger partial charge in [-0.05, 0) is 19.8 Å². The molecule has 0 aliphatic carbocycles. The summed E-state index contributed by atoms with van der Waals surface area (Å²) in [6.45, 7) is 2.27. The largest absolute Gasteiger partial charge is 0.465 e. The van der Waals surface area contributed by atoms with Crippen LogP contribution < -0.4 is 5.32 Å². The van der Waals surface area contributed by atoms with Gasteiger partial charge in [0.25, 0.3) is 0 Å². The molecule has 2 aliphatic rings. The van der Waals surface area contributed by atoms with Gasteiger partial charge in [-0.1, -0.05) is 0 Å². The molecule has 0 aromatic rings. The van der Waals surface area contributed by atoms with Crippen LogP contribution >= 0.6 is 0 Å². The molecule has 3 amide bonds. The Labute approximate surface area is 87.0 Å². The number of nitrogens with one attached hydrogen (secondary N) is 1. The second-order valence-corrected chi connectivity index (χ2v) is 4.12. The Hall–Kier alpha value is -1.59. The van der Waals surface area contributed by atoms with Crippen LogP contribution in [0, 0.1) is 0 Å². The smallest absolute Gasteiger partial charge is 0.407 e. The van der Waals surface area contributed by atoms with Crippen LogP contribution in [-0.2, 0) is 0 Å². The van der Waals surface area contributed by atoms with E-state index in [1.807, 2.05) is 6.92 Å². The van der Waals surface area contributed by atoms with Crippen molar-refractivity contribution in [2.75, 3.05) is 6.54 Å². The van der Waals surface area contributed by atoms with Crippen molar-refractivity contribution < 1.29 is 14.7 Å². The number of urea groups is 1. The van der Waals surface area contributed by atoms with Crippen molar-refractivity contribution in [1.82, 2.24) is 10.2 Å². The number of carbonyl (C=O) groups excluding carboxylic acids is 1. The Morgan fingerprint density at radius 3 is 3.00 bits per heavy atom. The molecule has 6 nitrogen and oxygen atoms in total. The molecule has 1 saturated heterocycles. The first-order valence-electron chi connectivity index (χ1n) is 4.89. The van der Waals surface area contributed by atoms with E-state index >= 15 is 0 Å². The molecule has 2 N–H and O–H groups in total. The number of amides is 3. The minimum atomic E-state index is -0.904. The van der Waals surface area contributed by atoms with Crippen LogP contribution in [0.2, 0.25) is 0 Å². The van der Waals surface area contributed by atoms with Crippen LogP contribution in [0.3, 0.4) is 0 Å². The van der Waals surface area contributed by atoms with E-state index in [2.05, 4.69) is 10.3 Å². The summed E-state index contributed by atoms with van der Waals surface area (Å²) >= 11 is 0. The predicted octanol–water partition coefficient (Wildman–Crippen LogP) is 0.681. The molecule has 2 rings (SSSR count). The normalized spacial score (nSPS) is 34.6. The summed E-state index contributed by atoms with van der Waals surface area (Å²) in [6.07, 6.45) is 1.90. The van der Waals surface area contributed by atoms with E-state index < -0.39 is 11.6 Å². The van der Waals surface area contributed by atoms with Gasteiger partial charge in [0.2, 0.25) is 0 Å². The van der Waals surface area contributed by atoms with Crippen molar-refractivity contribution in [2.45, 2.75) is 31.3 Å². The van der Waals surface area contributed by atoms with Crippen LogP contribution in [0.4, 0.5) is 9.59 Å². The third-order valence-electron chi connectivity index (χ3n) is 3.02. The van der Waals surface area contributed by atoms with Gasteiger partial charge < -0.3 is 15.3 Å². The lowest BCUT2D eigenvalue weighted by molar-refractivity contribution is 0.0970. The number of carbonyl (C=O) groups is 2. The zero-order valence-corrected chi connectivity index (χ0v) is 8.43. The first kappa shape index (κ1) is 9.95. The molecule has 6 heteroatoms. The molecular formula is C9H13N3O3. The zero-order chi connectivity index (χ0) is 11.1. The Morgan fingerprint density at radius 2 is 2.53 bits per heavy atom. The van der Waals surface area contributed by atoms with Crippen LogP contribution in [0.15, 0.2) is 4.99 Å². The van der Waals surface area contributed by atoms with Gasteiger partial charge in [0.1, 0.15) is 0 Å². The first-order valence-corrected chi connectivity index (χ1v) is 4.89. The molecule has 2 aliphatic heterocycles. The highest BCUT2D eigenvalue weighted by Crippen LogP contribution is 2.27. The lowest BCUT2D eigenvalue weighted by Gasteiger charge is -2.40. The molecule has 1 fully saturated rings. The van der Waals surface area contributed by atoms with Gasteiger partial charge >= 0.3 is 12.1 Å². The summed E-state index contributed by atoms with van der Waals surface area (Å²) in [7, 11) is 0. The number of aliphatic imine (C=N–C) groups is 1. The lowest BCUT2D eigenvalue weighted by atomic mass is 9.85. The van der Waals surface area contributed by atoms with Crippen molar-refractivity contribution in [3.05, 3.63) is 0 Å². The van der Waals surface area contributed by atoms with E-state index in [0.29, 0.717) is 19.4 Å². The van der Waals surface area contributed by atoms with Gasteiger partial charge in [-0.3, -0.25) is 0 Å². The van der Waals surface area contributed by atoms with E-state index in [9.17, 15) is 9.59 Å². The van der Waals surface area contributed by atoms with Gasteiger partial charge in [-0.25, -0.2) is 14.6 Å². The van der Waals surface area contributed by atoms with Gasteiger partial charge in [0.15, 0.2) is 0 Å². The average Bonchev–Trinajstić information content (AvgIpc) is 2.46. The molecular weight excluding hydrogens is 198 g/mol. The van der Waals surface area contributed by atoms with Crippen LogP contribution in [-0.4, -0.2) is 46.5 Å². The lowest BCUT2D eigenvalue weighted by Crippen LogP contribution is -2.57. The van der Waals surface area contributed by atoms with E-state index in [4.69, 9.17) is 5.11 Å². The average molecular weight is 211 g/mol. The fraction of sp³-hybridized carbons (Fsp3) is 0.667. The molecule has 2 heterocycles. The molecule has 0 saturated carbocycles. The van der Waals surface area contributed by atoms with Gasteiger partial charge in [-0.15, -0.1) is 0 Å². The minimum absolute atomic E-state index is 0.0962. The second-order valence-electron chi connectivity index (χ2n) is 4.12. The summed E-state index contributed by atoms with van der Waals surface area (Å²) in [5.41, 5.74) is -0.414. The summed E-state index contributed by atoms with van der Waals surface area (Å²) in [6, 6.07) is -0.424. The van der Waals surface area contributed by atoms with E-state index in [1.54, 1.807) is 6.21 Å². The van der Waals surface area contributed by atoms with Crippen LogP contribution in [0.5, 0.6) is 0 Å². The molecule has 0 aromatic heterocycles. The molecule has 82 valence electrons. The third kappa shape index (κ3) is 1.67. The highest BCUT2D eigenvalue weighted by Gasteiger charge is 2.42. The van der Waals surface area contributed by atoms with Crippen molar-refractivity contribution in [3.8, 4) is 0 Å². The van der Waals surface area contributed by atoms with Crippen molar-refractivity contribution in [3.63, 3.8) is 0 Å². The molecule has 0 radical (unpaired) electrons. The maximum absolute atomic E-state index is 11.0. The fourth-order valence-corrected chi connectivity index (χ4v) is 2.25. The summed E-state index contributed by atoms with van der Waals surface area (Å²) in [5.74, 6) is 0. The predicted molar refractivity (Wildman–Crippen MR) is 53.2 cm³/mol. The Balaban J connectivity index is 2.09. The van der Waals surface area contributed by atoms with Gasteiger partial charge in [-0.2, -0.15) is 0 Å². The van der Waals surface area contributed by atoms with E-state index in [0.717, 1.165) is 0 Å². The molecule has 2 unspecified atom stereocenters. The Morgan fingerprint density at radius 1 is 1.80 bits per heavy atom. The quantitative estimate of drug-likeness (QED) is 0.618. The van der Waals surface area contributed by atoms with Crippen molar-refractivity contribution in [1.29, 1.82) is 0 Å². The Bertz CT molecular complexity index is 341. The van der Waals surface area contributed by atoms with Crippen LogP contribution in [0.25, 0.3) is 0 Å². The molecule has 2 atom stereocenters. The number of rotatable bonds is 0. The van der Waals surface area contributed by atoms with Crippen LogP contribution in [0.1, 0.15) is 19.8 Å². The van der Waals surface area contributed by atoms with Crippen molar-refractivity contribution in [2.24, 2.45) is 4.99 Å². The highest BCUT2D eigenvalue weighted by molar-refractivity contribution is 5.95. The summed E-state index contributed by atoms with van der Waals surface area (Å²) < 4.78 is 0. The third-order valence-corrected chi connectivity index (χ3v) is 3.02. The maximum Gasteiger partial charge on any atom is 0.407 e. The Kier molecular flexibility index (Phi) is 2.13. The summed E-state index contributed by atoms with van der Waals surface area (Å²) in [4.78, 5) is 26.9. The minimum Gasteiger partial charge on any atom is -0.465 e. The monoisotopic (exact) mass is 211 g/mol. The second kappa shape index (κ2) is 3.22. The number of likely N-dealkylation sites (tertiary alicyclic amines) is 1. The standard InChI is InChI=1S/C9H13N3O3/c1-6-4-9(5-10-7(13)11-9)2-3-12(6)8(14)15/h5-6H,2-4H2,1H3,(H,11,13)(H,14,15). The molecule has 0 aromatic carbocycles. The molecule has 15 heavy (non-hydrogen) atoms. The van der Waals surface area contributed by atoms with E-state index in [1.165, 1.54) is 4.90 Å². The molecule has 1 spiro atoms. The molecule has 0 bridgehead atoms. The first-order chi connectivity index (χ1) is 7.02. The number of piperidine rings is 1. The fourth-order valence-electron chi connectivity index (χ4n) is 2.25.